The Morgan fingerprint density at radius 1 is 1.27 bits per heavy atom. The molecule has 2 rings (SSSR count). The number of unbranched alkanes of at least 4 members (excludes halogenated alkanes) is 1. The van der Waals surface area contributed by atoms with Gasteiger partial charge in [-0.15, -0.1) is 35.3 Å². The molecule has 5 nitrogen and oxygen atoms in total. The fourth-order valence-corrected chi connectivity index (χ4v) is 3.40. The minimum absolute atomic E-state index is 0. The lowest BCUT2D eigenvalue weighted by atomic mass is 10.3. The largest absolute Gasteiger partial charge is 0.434 e. The Hall–Kier alpha value is -0.620. The summed E-state index contributed by atoms with van der Waals surface area (Å²) >= 11 is 0.983. The molecule has 150 valence electrons. The first-order valence-electron chi connectivity index (χ1n) is 8.75. The maximum Gasteiger partial charge on any atom is 0.434 e. The topological polar surface area (TPSA) is 52.6 Å². The number of aromatic nitrogens is 1. The van der Waals surface area contributed by atoms with Gasteiger partial charge in [0, 0.05) is 18.5 Å². The molecule has 0 atom stereocenters. The SMILES string of the molecule is CCNC(=NCc1nc(C(F)(F)F)cs1)NCCCCN1CCCC1.I. The van der Waals surface area contributed by atoms with Crippen LogP contribution < -0.4 is 10.6 Å². The second-order valence-electron chi connectivity index (χ2n) is 6.00. The van der Waals surface area contributed by atoms with Crippen LogP contribution in [0.4, 0.5) is 13.2 Å². The van der Waals surface area contributed by atoms with Gasteiger partial charge in [-0.2, -0.15) is 13.2 Å². The third-order valence-corrected chi connectivity index (χ3v) is 4.78. The monoisotopic (exact) mass is 505 g/mol. The second-order valence-corrected chi connectivity index (χ2v) is 6.94. The zero-order chi connectivity index (χ0) is 18.1. The summed E-state index contributed by atoms with van der Waals surface area (Å²) in [7, 11) is 0. The number of thiazole rings is 1. The molecule has 26 heavy (non-hydrogen) atoms. The summed E-state index contributed by atoms with van der Waals surface area (Å²) in [6, 6.07) is 0. The third-order valence-electron chi connectivity index (χ3n) is 3.95. The summed E-state index contributed by atoms with van der Waals surface area (Å²) in [5.41, 5.74) is -0.845. The van der Waals surface area contributed by atoms with Crippen molar-refractivity contribution in [3.8, 4) is 0 Å². The molecule has 10 heteroatoms. The summed E-state index contributed by atoms with van der Waals surface area (Å²) in [6.45, 7) is 7.15. The zero-order valence-corrected chi connectivity index (χ0v) is 18.1. The van der Waals surface area contributed by atoms with Crippen LogP contribution in [0.2, 0.25) is 0 Å². The quantitative estimate of drug-likeness (QED) is 0.245. The Morgan fingerprint density at radius 3 is 2.62 bits per heavy atom. The molecule has 1 aliphatic heterocycles. The predicted molar refractivity (Wildman–Crippen MR) is 110 cm³/mol. The molecule has 1 aromatic heterocycles. The van der Waals surface area contributed by atoms with Gasteiger partial charge in [-0.05, 0) is 52.2 Å². The summed E-state index contributed by atoms with van der Waals surface area (Å²) in [6.07, 6.45) is 0.394. The van der Waals surface area contributed by atoms with Crippen LogP contribution in [0, 0.1) is 0 Å². The molecule has 1 aromatic rings. The van der Waals surface area contributed by atoms with Crippen LogP contribution in [-0.4, -0.2) is 48.6 Å². The average Bonchev–Trinajstić information content (AvgIpc) is 3.23. The maximum absolute atomic E-state index is 12.6. The fraction of sp³-hybridized carbons (Fsp3) is 0.750. The number of rotatable bonds is 8. The van der Waals surface area contributed by atoms with E-state index in [1.807, 2.05) is 6.92 Å². The number of hydrogen-bond donors (Lipinski definition) is 2. The number of halogens is 4. The maximum atomic E-state index is 12.6. The van der Waals surface area contributed by atoms with Crippen LogP contribution >= 0.6 is 35.3 Å². The molecule has 0 aromatic carbocycles. The van der Waals surface area contributed by atoms with E-state index < -0.39 is 11.9 Å². The van der Waals surface area contributed by atoms with Crippen LogP contribution in [0.3, 0.4) is 0 Å². The van der Waals surface area contributed by atoms with Crippen LogP contribution in [0.5, 0.6) is 0 Å². The van der Waals surface area contributed by atoms with Crippen LogP contribution in [0.25, 0.3) is 0 Å². The second kappa shape index (κ2) is 12.0. The number of alkyl halides is 3. The third kappa shape index (κ3) is 8.38. The van der Waals surface area contributed by atoms with E-state index in [9.17, 15) is 13.2 Å². The molecule has 0 saturated carbocycles. The highest BCUT2D eigenvalue weighted by Crippen LogP contribution is 2.30. The van der Waals surface area contributed by atoms with Crippen LogP contribution in [0.1, 0.15) is 43.3 Å². The smallest absolute Gasteiger partial charge is 0.357 e. The highest BCUT2D eigenvalue weighted by Gasteiger charge is 2.33. The molecule has 0 radical (unpaired) electrons. The van der Waals surface area contributed by atoms with E-state index >= 15 is 0 Å². The molecule has 1 fully saturated rings. The van der Waals surface area contributed by atoms with E-state index in [0.29, 0.717) is 17.5 Å². The number of nitrogens with one attached hydrogen (secondary N) is 2. The van der Waals surface area contributed by atoms with Gasteiger partial charge >= 0.3 is 6.18 Å². The van der Waals surface area contributed by atoms with Crippen molar-refractivity contribution in [2.24, 2.45) is 4.99 Å². The first-order chi connectivity index (χ1) is 12.0. The van der Waals surface area contributed by atoms with Crippen molar-refractivity contribution in [3.05, 3.63) is 16.1 Å². The molecule has 1 aliphatic rings. The first kappa shape index (κ1) is 23.4. The fourth-order valence-electron chi connectivity index (χ4n) is 2.68. The van der Waals surface area contributed by atoms with E-state index in [2.05, 4.69) is 25.5 Å². The Kier molecular flexibility index (Phi) is 10.8. The zero-order valence-electron chi connectivity index (χ0n) is 14.9. The van der Waals surface area contributed by atoms with Crippen molar-refractivity contribution >= 4 is 41.3 Å². The Bertz CT molecular complexity index is 544. The average molecular weight is 505 g/mol. The number of likely N-dealkylation sites (tertiary alicyclic amines) is 1. The van der Waals surface area contributed by atoms with Crippen molar-refractivity contribution in [3.63, 3.8) is 0 Å². The van der Waals surface area contributed by atoms with Gasteiger partial charge in [0.1, 0.15) is 5.01 Å². The number of aliphatic imine (C=N–C) groups is 1. The normalized spacial score (nSPS) is 15.8. The van der Waals surface area contributed by atoms with Crippen molar-refractivity contribution in [1.29, 1.82) is 0 Å². The van der Waals surface area contributed by atoms with Gasteiger partial charge in [-0.1, -0.05) is 0 Å². The highest BCUT2D eigenvalue weighted by molar-refractivity contribution is 14.0. The van der Waals surface area contributed by atoms with Crippen LogP contribution in [0.15, 0.2) is 10.4 Å². The lowest BCUT2D eigenvalue weighted by molar-refractivity contribution is -0.140. The van der Waals surface area contributed by atoms with Crippen molar-refractivity contribution < 1.29 is 13.2 Å². The van der Waals surface area contributed by atoms with E-state index in [1.54, 1.807) is 0 Å². The minimum Gasteiger partial charge on any atom is -0.357 e. The number of hydrogen-bond acceptors (Lipinski definition) is 4. The molecular formula is C16H27F3IN5S. The molecule has 0 aliphatic carbocycles. The van der Waals surface area contributed by atoms with Gasteiger partial charge < -0.3 is 15.5 Å². The van der Waals surface area contributed by atoms with Gasteiger partial charge in [-0.3, -0.25) is 0 Å². The van der Waals surface area contributed by atoms with Gasteiger partial charge in [0.05, 0.1) is 6.54 Å². The van der Waals surface area contributed by atoms with Crippen molar-refractivity contribution in [2.75, 3.05) is 32.7 Å². The highest BCUT2D eigenvalue weighted by atomic mass is 127. The Balaban J connectivity index is 0.00000338. The van der Waals surface area contributed by atoms with E-state index in [-0.39, 0.29) is 30.5 Å². The lowest BCUT2D eigenvalue weighted by Gasteiger charge is -2.15. The molecule has 2 N–H and O–H groups in total. The summed E-state index contributed by atoms with van der Waals surface area (Å²) < 4.78 is 37.7. The summed E-state index contributed by atoms with van der Waals surface area (Å²) in [5.74, 6) is 0.618. The minimum atomic E-state index is -4.39. The van der Waals surface area contributed by atoms with E-state index in [4.69, 9.17) is 0 Å². The van der Waals surface area contributed by atoms with Gasteiger partial charge in [0.25, 0.3) is 0 Å². The summed E-state index contributed by atoms with van der Waals surface area (Å²) in [5, 5.41) is 7.72. The molecule has 0 bridgehead atoms. The lowest BCUT2D eigenvalue weighted by Crippen LogP contribution is -2.38. The molecule has 2 heterocycles. The first-order valence-corrected chi connectivity index (χ1v) is 9.63. The molecule has 0 amide bonds. The van der Waals surface area contributed by atoms with E-state index in [1.165, 1.54) is 25.9 Å². The number of guanidine groups is 1. The van der Waals surface area contributed by atoms with Gasteiger partial charge in [0.15, 0.2) is 11.7 Å². The van der Waals surface area contributed by atoms with Crippen LogP contribution in [-0.2, 0) is 12.7 Å². The molecular weight excluding hydrogens is 478 g/mol. The van der Waals surface area contributed by atoms with Gasteiger partial charge in [-0.25, -0.2) is 9.98 Å². The van der Waals surface area contributed by atoms with Gasteiger partial charge in [0.2, 0.25) is 0 Å². The number of nitrogens with zero attached hydrogens (tertiary/aromatic N) is 3. The standard InChI is InChI=1S/C16H26F3N5S.HI/c1-2-20-15(21-7-3-4-8-24-9-5-6-10-24)22-11-14-23-13(12-25-14)16(17,18)19;/h12H,2-11H2,1H3,(H2,20,21,22);1H. The van der Waals surface area contributed by atoms with Crippen molar-refractivity contribution in [2.45, 2.75) is 45.3 Å². The predicted octanol–water partition coefficient (Wildman–Crippen LogP) is 3.71. The Labute approximate surface area is 173 Å². The molecule has 0 spiro atoms. The summed E-state index contributed by atoms with van der Waals surface area (Å²) in [4.78, 5) is 10.4. The van der Waals surface area contributed by atoms with E-state index in [0.717, 1.165) is 42.6 Å². The molecule has 0 unspecified atom stereocenters. The van der Waals surface area contributed by atoms with Crippen molar-refractivity contribution in [1.82, 2.24) is 20.5 Å². The Morgan fingerprint density at radius 2 is 2.00 bits per heavy atom. The molecule has 1 saturated heterocycles.